The van der Waals surface area contributed by atoms with Gasteiger partial charge in [-0.1, -0.05) is 12.8 Å². The molecule has 0 bridgehead atoms. The smallest absolute Gasteiger partial charge is 0.00695 e. The normalized spacial score (nSPS) is 28.1. The highest BCUT2D eigenvalue weighted by Gasteiger charge is 2.26. The molecule has 2 aliphatic rings. The summed E-state index contributed by atoms with van der Waals surface area (Å²) in [5.74, 6) is 1.08. The first-order chi connectivity index (χ1) is 6.86. The van der Waals surface area contributed by atoms with E-state index in [9.17, 15) is 0 Å². The summed E-state index contributed by atoms with van der Waals surface area (Å²) in [5, 5.41) is 3.47. The maximum absolute atomic E-state index is 3.47. The molecule has 1 saturated carbocycles. The van der Waals surface area contributed by atoms with Gasteiger partial charge in [-0.3, -0.25) is 0 Å². The first-order valence-electron chi connectivity index (χ1n) is 6.31. The molecule has 1 aliphatic carbocycles. The predicted octanol–water partition coefficient (Wildman–Crippen LogP) is 1.86. The van der Waals surface area contributed by atoms with Crippen LogP contribution < -0.4 is 5.32 Å². The molecule has 0 aromatic rings. The van der Waals surface area contributed by atoms with Crippen LogP contribution in [0.25, 0.3) is 0 Å². The van der Waals surface area contributed by atoms with E-state index in [1.54, 1.807) is 0 Å². The van der Waals surface area contributed by atoms with Crippen LogP contribution >= 0.6 is 0 Å². The second-order valence-corrected chi connectivity index (χ2v) is 5.02. The molecule has 0 aromatic carbocycles. The van der Waals surface area contributed by atoms with Crippen LogP contribution in [0, 0.1) is 5.92 Å². The molecule has 1 unspecified atom stereocenters. The highest BCUT2D eigenvalue weighted by Crippen LogP contribution is 2.34. The minimum absolute atomic E-state index is 0.834. The molecule has 82 valence electrons. The SMILES string of the molecule is CC(CC1CC1)N1CCCNCCC1. The lowest BCUT2D eigenvalue weighted by molar-refractivity contribution is 0.181. The molecule has 1 N–H and O–H groups in total. The summed E-state index contributed by atoms with van der Waals surface area (Å²) in [5.41, 5.74) is 0. The third kappa shape index (κ3) is 3.25. The molecule has 2 heteroatoms. The summed E-state index contributed by atoms with van der Waals surface area (Å²) < 4.78 is 0. The van der Waals surface area contributed by atoms with E-state index < -0.39 is 0 Å². The summed E-state index contributed by atoms with van der Waals surface area (Å²) in [6.07, 6.45) is 7.11. The average molecular weight is 196 g/mol. The quantitative estimate of drug-likeness (QED) is 0.741. The maximum atomic E-state index is 3.47. The predicted molar refractivity (Wildman–Crippen MR) is 60.5 cm³/mol. The molecule has 2 fully saturated rings. The van der Waals surface area contributed by atoms with E-state index in [0.29, 0.717) is 0 Å². The van der Waals surface area contributed by atoms with Crippen LogP contribution in [0.2, 0.25) is 0 Å². The number of hydrogen-bond acceptors (Lipinski definition) is 2. The van der Waals surface area contributed by atoms with Crippen molar-refractivity contribution in [1.82, 2.24) is 10.2 Å². The maximum Gasteiger partial charge on any atom is 0.00695 e. The molecular weight excluding hydrogens is 172 g/mol. The van der Waals surface area contributed by atoms with Crippen LogP contribution in [0.15, 0.2) is 0 Å². The van der Waals surface area contributed by atoms with Gasteiger partial charge in [0, 0.05) is 6.04 Å². The largest absolute Gasteiger partial charge is 0.317 e. The van der Waals surface area contributed by atoms with E-state index in [-0.39, 0.29) is 0 Å². The van der Waals surface area contributed by atoms with E-state index in [1.165, 1.54) is 58.3 Å². The van der Waals surface area contributed by atoms with Gasteiger partial charge < -0.3 is 10.2 Å². The molecule has 0 radical (unpaired) electrons. The zero-order valence-corrected chi connectivity index (χ0v) is 9.47. The van der Waals surface area contributed by atoms with Gasteiger partial charge in [0.2, 0.25) is 0 Å². The lowest BCUT2D eigenvalue weighted by atomic mass is 10.1. The molecule has 14 heavy (non-hydrogen) atoms. The van der Waals surface area contributed by atoms with Gasteiger partial charge in [-0.2, -0.15) is 0 Å². The molecule has 0 amide bonds. The third-order valence-corrected chi connectivity index (χ3v) is 3.59. The zero-order chi connectivity index (χ0) is 9.80. The Bertz CT molecular complexity index is 158. The standard InChI is InChI=1S/C12H24N2/c1-11(10-12-4-5-12)14-8-2-6-13-7-3-9-14/h11-13H,2-10H2,1H3. The summed E-state index contributed by atoms with van der Waals surface area (Å²) in [6, 6.07) is 0.834. The second kappa shape index (κ2) is 5.13. The number of nitrogens with one attached hydrogen (secondary N) is 1. The van der Waals surface area contributed by atoms with Crippen molar-refractivity contribution in [3.8, 4) is 0 Å². The van der Waals surface area contributed by atoms with Crippen LogP contribution in [0.1, 0.15) is 39.0 Å². The Morgan fingerprint density at radius 3 is 2.43 bits per heavy atom. The summed E-state index contributed by atoms with van der Waals surface area (Å²) in [6.45, 7) is 7.47. The Hall–Kier alpha value is -0.0800. The Morgan fingerprint density at radius 2 is 1.86 bits per heavy atom. The molecule has 2 nitrogen and oxygen atoms in total. The summed E-state index contributed by atoms with van der Waals surface area (Å²) in [4.78, 5) is 2.71. The fraction of sp³-hybridized carbons (Fsp3) is 1.00. The van der Waals surface area contributed by atoms with E-state index >= 15 is 0 Å². The van der Waals surface area contributed by atoms with Crippen molar-refractivity contribution in [1.29, 1.82) is 0 Å². The van der Waals surface area contributed by atoms with Gasteiger partial charge in [0.05, 0.1) is 0 Å². The number of hydrogen-bond donors (Lipinski definition) is 1. The minimum Gasteiger partial charge on any atom is -0.317 e. The number of nitrogens with zero attached hydrogens (tertiary/aromatic N) is 1. The van der Waals surface area contributed by atoms with Crippen molar-refractivity contribution in [2.45, 2.75) is 45.1 Å². The zero-order valence-electron chi connectivity index (χ0n) is 9.47. The van der Waals surface area contributed by atoms with E-state index in [2.05, 4.69) is 17.1 Å². The van der Waals surface area contributed by atoms with Gasteiger partial charge >= 0.3 is 0 Å². The van der Waals surface area contributed by atoms with Crippen molar-refractivity contribution in [2.24, 2.45) is 5.92 Å². The Labute approximate surface area is 88.1 Å². The van der Waals surface area contributed by atoms with E-state index in [0.717, 1.165) is 12.0 Å². The summed E-state index contributed by atoms with van der Waals surface area (Å²) in [7, 11) is 0. The van der Waals surface area contributed by atoms with Gasteiger partial charge in [-0.25, -0.2) is 0 Å². The Morgan fingerprint density at radius 1 is 1.21 bits per heavy atom. The topological polar surface area (TPSA) is 15.3 Å². The van der Waals surface area contributed by atoms with Gasteiger partial charge in [-0.15, -0.1) is 0 Å². The van der Waals surface area contributed by atoms with E-state index in [4.69, 9.17) is 0 Å². The summed E-state index contributed by atoms with van der Waals surface area (Å²) >= 11 is 0. The first kappa shape index (κ1) is 10.4. The van der Waals surface area contributed by atoms with Gasteiger partial charge in [-0.05, 0) is 58.3 Å². The number of rotatable bonds is 3. The molecular formula is C12H24N2. The lowest BCUT2D eigenvalue weighted by Gasteiger charge is -2.30. The monoisotopic (exact) mass is 196 g/mol. The van der Waals surface area contributed by atoms with Crippen molar-refractivity contribution < 1.29 is 0 Å². The highest BCUT2D eigenvalue weighted by atomic mass is 15.2. The van der Waals surface area contributed by atoms with Gasteiger partial charge in [0.15, 0.2) is 0 Å². The van der Waals surface area contributed by atoms with Gasteiger partial charge in [0.1, 0.15) is 0 Å². The lowest BCUT2D eigenvalue weighted by Crippen LogP contribution is -2.39. The Kier molecular flexibility index (Phi) is 3.82. The molecule has 1 atom stereocenters. The molecule has 0 spiro atoms. The molecule has 0 aromatic heterocycles. The molecule has 1 heterocycles. The third-order valence-electron chi connectivity index (χ3n) is 3.59. The van der Waals surface area contributed by atoms with E-state index in [1.807, 2.05) is 0 Å². The molecule has 1 saturated heterocycles. The van der Waals surface area contributed by atoms with Crippen LogP contribution in [0.3, 0.4) is 0 Å². The van der Waals surface area contributed by atoms with Crippen LogP contribution in [-0.2, 0) is 0 Å². The van der Waals surface area contributed by atoms with Crippen molar-refractivity contribution >= 4 is 0 Å². The van der Waals surface area contributed by atoms with Crippen LogP contribution in [0.4, 0.5) is 0 Å². The van der Waals surface area contributed by atoms with Gasteiger partial charge in [0.25, 0.3) is 0 Å². The first-order valence-corrected chi connectivity index (χ1v) is 6.31. The minimum atomic E-state index is 0.834. The fourth-order valence-corrected chi connectivity index (χ4v) is 2.48. The van der Waals surface area contributed by atoms with Crippen molar-refractivity contribution in [3.63, 3.8) is 0 Å². The second-order valence-electron chi connectivity index (χ2n) is 5.02. The van der Waals surface area contributed by atoms with Crippen LogP contribution in [-0.4, -0.2) is 37.1 Å². The highest BCUT2D eigenvalue weighted by molar-refractivity contribution is 4.80. The average Bonchev–Trinajstić information content (AvgIpc) is 2.86. The van der Waals surface area contributed by atoms with Crippen molar-refractivity contribution in [3.05, 3.63) is 0 Å². The Balaban J connectivity index is 1.73. The molecule has 1 aliphatic heterocycles. The fourth-order valence-electron chi connectivity index (χ4n) is 2.48. The van der Waals surface area contributed by atoms with Crippen molar-refractivity contribution in [2.75, 3.05) is 26.2 Å². The van der Waals surface area contributed by atoms with Crippen LogP contribution in [0.5, 0.6) is 0 Å². The molecule has 2 rings (SSSR count).